The number of rotatable bonds is 5. The highest BCUT2D eigenvalue weighted by atomic mass is 16.5. The molecule has 3 N–H and O–H groups in total. The first-order chi connectivity index (χ1) is 8.32. The molecule has 2 fully saturated rings. The second-order valence-electron chi connectivity index (χ2n) is 5.30. The molecule has 1 saturated carbocycles. The molecule has 0 bridgehead atoms. The molecule has 2 aliphatic rings. The van der Waals surface area contributed by atoms with Gasteiger partial charge in [0.2, 0.25) is 0 Å². The smallest absolute Gasteiger partial charge is 0.0894 e. The van der Waals surface area contributed by atoms with Crippen LogP contribution in [0, 0.1) is 5.92 Å². The van der Waals surface area contributed by atoms with E-state index in [2.05, 4.69) is 12.3 Å². The Morgan fingerprint density at radius 1 is 1.35 bits per heavy atom. The van der Waals surface area contributed by atoms with Crippen LogP contribution in [0.4, 0.5) is 0 Å². The van der Waals surface area contributed by atoms with E-state index in [4.69, 9.17) is 15.3 Å². The minimum atomic E-state index is -0.100. The Bertz CT molecular complexity index is 218. The van der Waals surface area contributed by atoms with Gasteiger partial charge in [0.05, 0.1) is 11.6 Å². The Labute approximate surface area is 104 Å². The third-order valence-electron chi connectivity index (χ3n) is 4.39. The molecule has 2 rings (SSSR count). The van der Waals surface area contributed by atoms with Crippen molar-refractivity contribution in [1.82, 2.24) is 5.43 Å². The molecule has 1 aliphatic carbocycles. The van der Waals surface area contributed by atoms with Crippen molar-refractivity contribution in [1.29, 1.82) is 0 Å². The normalized spacial score (nSPS) is 27.2. The highest BCUT2D eigenvalue weighted by molar-refractivity contribution is 4.98. The van der Waals surface area contributed by atoms with Crippen molar-refractivity contribution < 1.29 is 9.47 Å². The van der Waals surface area contributed by atoms with E-state index in [-0.39, 0.29) is 11.6 Å². The number of hydrogen-bond donors (Lipinski definition) is 2. The van der Waals surface area contributed by atoms with Gasteiger partial charge in [-0.05, 0) is 25.7 Å². The molecule has 1 aliphatic heterocycles. The summed E-state index contributed by atoms with van der Waals surface area (Å²) >= 11 is 0. The van der Waals surface area contributed by atoms with Crippen molar-refractivity contribution >= 4 is 0 Å². The Balaban J connectivity index is 2.10. The first-order valence-electron chi connectivity index (χ1n) is 7.00. The minimum absolute atomic E-state index is 0.100. The Kier molecular flexibility index (Phi) is 4.79. The zero-order chi connectivity index (χ0) is 12.1. The van der Waals surface area contributed by atoms with E-state index in [0.717, 1.165) is 32.7 Å². The Morgan fingerprint density at radius 3 is 2.53 bits per heavy atom. The first-order valence-corrected chi connectivity index (χ1v) is 7.00. The number of hydrogen-bond acceptors (Lipinski definition) is 4. The molecule has 0 aromatic carbocycles. The van der Waals surface area contributed by atoms with Crippen molar-refractivity contribution in [3.63, 3.8) is 0 Å². The predicted molar refractivity (Wildman–Crippen MR) is 67.5 cm³/mol. The van der Waals surface area contributed by atoms with Gasteiger partial charge < -0.3 is 9.47 Å². The second kappa shape index (κ2) is 6.14. The molecule has 4 nitrogen and oxygen atoms in total. The fourth-order valence-corrected chi connectivity index (χ4v) is 3.56. The lowest BCUT2D eigenvalue weighted by Crippen LogP contribution is -2.60. The van der Waals surface area contributed by atoms with Gasteiger partial charge in [-0.3, -0.25) is 11.3 Å². The molecule has 1 heterocycles. The maximum absolute atomic E-state index is 6.11. The van der Waals surface area contributed by atoms with Gasteiger partial charge in [-0.25, -0.2) is 0 Å². The van der Waals surface area contributed by atoms with E-state index < -0.39 is 0 Å². The van der Waals surface area contributed by atoms with Crippen LogP contribution in [-0.2, 0) is 9.47 Å². The van der Waals surface area contributed by atoms with Gasteiger partial charge in [0.25, 0.3) is 0 Å². The Morgan fingerprint density at radius 2 is 2.00 bits per heavy atom. The van der Waals surface area contributed by atoms with Crippen molar-refractivity contribution in [2.45, 2.75) is 57.1 Å². The number of ether oxygens (including phenoxy) is 2. The van der Waals surface area contributed by atoms with Crippen LogP contribution < -0.4 is 11.3 Å². The minimum Gasteiger partial charge on any atom is -0.381 e. The van der Waals surface area contributed by atoms with E-state index in [1.54, 1.807) is 0 Å². The van der Waals surface area contributed by atoms with Gasteiger partial charge in [-0.15, -0.1) is 0 Å². The van der Waals surface area contributed by atoms with Crippen LogP contribution in [0.15, 0.2) is 0 Å². The van der Waals surface area contributed by atoms with Crippen molar-refractivity contribution in [3.05, 3.63) is 0 Å². The van der Waals surface area contributed by atoms with Gasteiger partial charge >= 0.3 is 0 Å². The maximum atomic E-state index is 6.11. The van der Waals surface area contributed by atoms with E-state index >= 15 is 0 Å². The molecule has 0 aromatic rings. The fourth-order valence-electron chi connectivity index (χ4n) is 3.56. The highest BCUT2D eigenvalue weighted by Gasteiger charge is 2.44. The molecule has 1 unspecified atom stereocenters. The molecule has 17 heavy (non-hydrogen) atoms. The van der Waals surface area contributed by atoms with Crippen LogP contribution in [0.1, 0.15) is 45.4 Å². The van der Waals surface area contributed by atoms with E-state index in [1.807, 2.05) is 0 Å². The average molecular weight is 242 g/mol. The lowest BCUT2D eigenvalue weighted by atomic mass is 9.78. The van der Waals surface area contributed by atoms with Gasteiger partial charge in [-0.2, -0.15) is 0 Å². The van der Waals surface area contributed by atoms with Crippen LogP contribution in [0.3, 0.4) is 0 Å². The lowest BCUT2D eigenvalue weighted by Gasteiger charge is -2.45. The average Bonchev–Trinajstić information content (AvgIpc) is 2.85. The van der Waals surface area contributed by atoms with E-state index in [0.29, 0.717) is 5.92 Å². The molecule has 0 spiro atoms. The summed E-state index contributed by atoms with van der Waals surface area (Å²) in [5, 5.41) is 0. The molecule has 1 atom stereocenters. The number of nitrogens with two attached hydrogens (primary N) is 1. The predicted octanol–water partition coefficient (Wildman–Crippen LogP) is 1.59. The molecular weight excluding hydrogens is 216 g/mol. The number of nitrogens with one attached hydrogen (secondary N) is 1. The van der Waals surface area contributed by atoms with Gasteiger partial charge in [0.15, 0.2) is 0 Å². The quantitative estimate of drug-likeness (QED) is 0.568. The largest absolute Gasteiger partial charge is 0.381 e. The van der Waals surface area contributed by atoms with Gasteiger partial charge in [-0.1, -0.05) is 12.8 Å². The van der Waals surface area contributed by atoms with Crippen molar-refractivity contribution in [2.75, 3.05) is 19.8 Å². The maximum Gasteiger partial charge on any atom is 0.0894 e. The molecule has 0 amide bonds. The monoisotopic (exact) mass is 242 g/mol. The molecule has 4 heteroatoms. The number of hydrazine groups is 1. The standard InChI is InChI=1S/C13H26N2O2/c1-2-17-13(7-9-16-10-8-13)12(15-14)11-5-3-4-6-11/h11-12,15H,2-10,14H2,1H3. The second-order valence-corrected chi connectivity index (χ2v) is 5.30. The van der Waals surface area contributed by atoms with E-state index in [9.17, 15) is 0 Å². The molecular formula is C13H26N2O2. The Hall–Kier alpha value is -0.160. The summed E-state index contributed by atoms with van der Waals surface area (Å²) in [4.78, 5) is 0. The fraction of sp³-hybridized carbons (Fsp3) is 1.00. The van der Waals surface area contributed by atoms with Crippen molar-refractivity contribution in [2.24, 2.45) is 11.8 Å². The third-order valence-corrected chi connectivity index (χ3v) is 4.39. The molecule has 1 saturated heterocycles. The summed E-state index contributed by atoms with van der Waals surface area (Å²) in [6, 6.07) is 0.286. The lowest BCUT2D eigenvalue weighted by molar-refractivity contribution is -0.136. The summed E-state index contributed by atoms with van der Waals surface area (Å²) in [7, 11) is 0. The highest BCUT2D eigenvalue weighted by Crippen LogP contribution is 2.38. The van der Waals surface area contributed by atoms with Crippen LogP contribution in [0.25, 0.3) is 0 Å². The summed E-state index contributed by atoms with van der Waals surface area (Å²) < 4.78 is 11.6. The SMILES string of the molecule is CCOC1(C(NN)C2CCCC2)CCOCC1. The summed E-state index contributed by atoms with van der Waals surface area (Å²) in [6.45, 7) is 4.42. The van der Waals surface area contributed by atoms with E-state index in [1.165, 1.54) is 25.7 Å². The summed E-state index contributed by atoms with van der Waals surface area (Å²) in [5.41, 5.74) is 2.96. The molecule has 0 radical (unpaired) electrons. The first kappa shape index (κ1) is 13.3. The zero-order valence-corrected chi connectivity index (χ0v) is 10.9. The topological polar surface area (TPSA) is 56.5 Å². The zero-order valence-electron chi connectivity index (χ0n) is 10.9. The van der Waals surface area contributed by atoms with Crippen LogP contribution in [0.2, 0.25) is 0 Å². The molecule has 100 valence electrons. The summed E-state index contributed by atoms with van der Waals surface area (Å²) in [5.74, 6) is 6.50. The van der Waals surface area contributed by atoms with Crippen LogP contribution >= 0.6 is 0 Å². The molecule has 0 aromatic heterocycles. The van der Waals surface area contributed by atoms with Crippen LogP contribution in [-0.4, -0.2) is 31.5 Å². The van der Waals surface area contributed by atoms with Crippen LogP contribution in [0.5, 0.6) is 0 Å². The van der Waals surface area contributed by atoms with Crippen molar-refractivity contribution in [3.8, 4) is 0 Å². The van der Waals surface area contributed by atoms with Gasteiger partial charge in [0.1, 0.15) is 0 Å². The van der Waals surface area contributed by atoms with Gasteiger partial charge in [0, 0.05) is 32.7 Å². The summed E-state index contributed by atoms with van der Waals surface area (Å²) in [6.07, 6.45) is 7.16. The third kappa shape index (κ3) is 2.81.